The van der Waals surface area contributed by atoms with Gasteiger partial charge >= 0.3 is 0 Å². The van der Waals surface area contributed by atoms with Gasteiger partial charge in [-0.3, -0.25) is 9.78 Å². The molecule has 1 aromatic carbocycles. The quantitative estimate of drug-likeness (QED) is 0.541. The van der Waals surface area contributed by atoms with Gasteiger partial charge in [-0.05, 0) is 37.1 Å². The maximum atomic E-state index is 13.2. The molecule has 0 aliphatic carbocycles. The Morgan fingerprint density at radius 2 is 2.22 bits per heavy atom. The molecule has 0 radical (unpaired) electrons. The van der Waals surface area contributed by atoms with Crippen molar-refractivity contribution in [2.24, 2.45) is 0 Å². The van der Waals surface area contributed by atoms with Crippen LogP contribution in [0.25, 0.3) is 21.6 Å². The van der Waals surface area contributed by atoms with Gasteiger partial charge in [0.1, 0.15) is 6.04 Å². The fourth-order valence-electron chi connectivity index (χ4n) is 3.46. The number of nitrogens with zero attached hydrogens (tertiary/aromatic N) is 5. The first-order valence-corrected chi connectivity index (χ1v) is 9.56. The summed E-state index contributed by atoms with van der Waals surface area (Å²) in [6.45, 7) is 0.670. The number of fused-ring (bicyclic) bond motifs is 1. The van der Waals surface area contributed by atoms with Crippen molar-refractivity contribution in [3.8, 4) is 11.4 Å². The lowest BCUT2D eigenvalue weighted by Gasteiger charge is -2.22. The first-order valence-electron chi connectivity index (χ1n) is 8.68. The molecule has 0 N–H and O–H groups in total. The summed E-state index contributed by atoms with van der Waals surface area (Å²) < 4.78 is 6.41. The molecule has 1 aliphatic rings. The molecule has 1 amide bonds. The predicted molar refractivity (Wildman–Crippen MR) is 100 cm³/mol. The summed E-state index contributed by atoms with van der Waals surface area (Å²) in [4.78, 5) is 28.0. The third-order valence-corrected chi connectivity index (χ3v) is 5.62. The van der Waals surface area contributed by atoms with Crippen LogP contribution in [0, 0.1) is 0 Å². The monoisotopic (exact) mass is 377 g/mol. The summed E-state index contributed by atoms with van der Waals surface area (Å²) in [5, 5.41) is 4.07. The Kier molecular flexibility index (Phi) is 3.90. The number of rotatable bonds is 3. The zero-order valence-corrected chi connectivity index (χ0v) is 15.1. The molecule has 134 valence electrons. The van der Waals surface area contributed by atoms with Crippen molar-refractivity contribution in [3.05, 3.63) is 59.7 Å². The van der Waals surface area contributed by atoms with Gasteiger partial charge in [-0.2, -0.15) is 4.98 Å². The highest BCUT2D eigenvalue weighted by molar-refractivity contribution is 7.17. The molecule has 4 aromatic rings. The van der Waals surface area contributed by atoms with Gasteiger partial charge in [0, 0.05) is 24.5 Å². The van der Waals surface area contributed by atoms with E-state index in [0.717, 1.165) is 28.6 Å². The van der Waals surface area contributed by atoms with Crippen LogP contribution in [0.3, 0.4) is 0 Å². The highest BCUT2D eigenvalue weighted by Gasteiger charge is 2.35. The number of hydrogen-bond acceptors (Lipinski definition) is 7. The van der Waals surface area contributed by atoms with Crippen LogP contribution in [0.2, 0.25) is 0 Å². The maximum Gasteiger partial charge on any atom is 0.256 e. The van der Waals surface area contributed by atoms with Crippen LogP contribution in [0.4, 0.5) is 0 Å². The van der Waals surface area contributed by atoms with Crippen molar-refractivity contribution in [1.29, 1.82) is 0 Å². The summed E-state index contributed by atoms with van der Waals surface area (Å²) in [7, 11) is 0. The Hall–Kier alpha value is -3.13. The van der Waals surface area contributed by atoms with Gasteiger partial charge in [-0.15, -0.1) is 11.3 Å². The second-order valence-corrected chi connectivity index (χ2v) is 7.22. The zero-order chi connectivity index (χ0) is 18.2. The van der Waals surface area contributed by atoms with E-state index < -0.39 is 0 Å². The van der Waals surface area contributed by atoms with Crippen LogP contribution in [-0.4, -0.2) is 37.5 Å². The molecule has 1 aliphatic heterocycles. The van der Waals surface area contributed by atoms with Crippen molar-refractivity contribution in [3.63, 3.8) is 0 Å². The van der Waals surface area contributed by atoms with Crippen molar-refractivity contribution >= 4 is 27.5 Å². The Bertz CT molecular complexity index is 1110. The zero-order valence-electron chi connectivity index (χ0n) is 14.3. The van der Waals surface area contributed by atoms with Gasteiger partial charge in [-0.25, -0.2) is 4.98 Å². The van der Waals surface area contributed by atoms with Crippen LogP contribution < -0.4 is 0 Å². The smallest absolute Gasteiger partial charge is 0.256 e. The average molecular weight is 377 g/mol. The Labute approximate surface area is 158 Å². The largest absolute Gasteiger partial charge is 0.337 e. The third kappa shape index (κ3) is 2.78. The average Bonchev–Trinajstić information content (AvgIpc) is 3.47. The van der Waals surface area contributed by atoms with Crippen molar-refractivity contribution < 1.29 is 9.32 Å². The molecular formula is C19H15N5O2S. The highest BCUT2D eigenvalue weighted by atomic mass is 32.1. The molecule has 4 heterocycles. The SMILES string of the molecule is O=C(c1cccc2ncsc12)N1CCC[C@H]1c1nc(-c2cccnc2)no1. The molecular weight excluding hydrogens is 362 g/mol. The first-order chi connectivity index (χ1) is 13.3. The number of amides is 1. The van der Waals surface area contributed by atoms with E-state index in [9.17, 15) is 4.79 Å². The van der Waals surface area contributed by atoms with E-state index in [4.69, 9.17) is 4.52 Å². The van der Waals surface area contributed by atoms with Crippen LogP contribution in [0.5, 0.6) is 0 Å². The summed E-state index contributed by atoms with van der Waals surface area (Å²) in [5.41, 5.74) is 4.08. The molecule has 0 saturated carbocycles. The minimum atomic E-state index is -0.210. The molecule has 7 nitrogen and oxygen atoms in total. The van der Waals surface area contributed by atoms with E-state index in [0.29, 0.717) is 23.8 Å². The normalized spacial score (nSPS) is 16.9. The van der Waals surface area contributed by atoms with Gasteiger partial charge in [0.2, 0.25) is 11.7 Å². The minimum Gasteiger partial charge on any atom is -0.337 e. The molecule has 0 unspecified atom stereocenters. The number of thiazole rings is 1. The molecule has 3 aromatic heterocycles. The Balaban J connectivity index is 1.46. The van der Waals surface area contributed by atoms with Crippen molar-refractivity contribution in [2.75, 3.05) is 6.54 Å². The Morgan fingerprint density at radius 3 is 3.11 bits per heavy atom. The molecule has 1 fully saturated rings. The Morgan fingerprint density at radius 1 is 1.26 bits per heavy atom. The van der Waals surface area contributed by atoms with Crippen LogP contribution in [-0.2, 0) is 0 Å². The number of pyridine rings is 1. The summed E-state index contributed by atoms with van der Waals surface area (Å²) >= 11 is 1.48. The molecule has 0 spiro atoms. The van der Waals surface area contributed by atoms with Gasteiger partial charge < -0.3 is 9.42 Å². The minimum absolute atomic E-state index is 0.0199. The molecule has 1 saturated heterocycles. The van der Waals surface area contributed by atoms with Crippen LogP contribution >= 0.6 is 11.3 Å². The third-order valence-electron chi connectivity index (χ3n) is 4.75. The van der Waals surface area contributed by atoms with E-state index in [1.165, 1.54) is 11.3 Å². The first kappa shape index (κ1) is 16.1. The number of hydrogen-bond donors (Lipinski definition) is 0. The summed E-state index contributed by atoms with van der Waals surface area (Å²) in [6, 6.07) is 9.14. The van der Waals surface area contributed by atoms with Crippen LogP contribution in [0.15, 0.2) is 52.8 Å². The molecule has 1 atom stereocenters. The van der Waals surface area contributed by atoms with Crippen LogP contribution in [0.1, 0.15) is 35.1 Å². The van der Waals surface area contributed by atoms with E-state index in [2.05, 4.69) is 20.1 Å². The lowest BCUT2D eigenvalue weighted by atomic mass is 10.1. The lowest BCUT2D eigenvalue weighted by Crippen LogP contribution is -2.30. The number of carbonyl (C=O) groups is 1. The van der Waals surface area contributed by atoms with E-state index in [1.54, 1.807) is 17.9 Å². The number of likely N-dealkylation sites (tertiary alicyclic amines) is 1. The van der Waals surface area contributed by atoms with E-state index >= 15 is 0 Å². The second kappa shape index (κ2) is 6.55. The lowest BCUT2D eigenvalue weighted by molar-refractivity contribution is 0.0712. The number of benzene rings is 1. The number of aromatic nitrogens is 4. The van der Waals surface area contributed by atoms with Crippen molar-refractivity contribution in [2.45, 2.75) is 18.9 Å². The van der Waals surface area contributed by atoms with Gasteiger partial charge in [0.15, 0.2) is 0 Å². The fraction of sp³-hybridized carbons (Fsp3) is 0.211. The molecule has 27 heavy (non-hydrogen) atoms. The van der Waals surface area contributed by atoms with E-state index in [1.807, 2.05) is 35.2 Å². The van der Waals surface area contributed by atoms with Gasteiger partial charge in [-0.1, -0.05) is 11.2 Å². The van der Waals surface area contributed by atoms with Gasteiger partial charge in [0.25, 0.3) is 5.91 Å². The second-order valence-electron chi connectivity index (χ2n) is 6.36. The summed E-state index contributed by atoms with van der Waals surface area (Å²) in [5.74, 6) is 0.937. The fourth-order valence-corrected chi connectivity index (χ4v) is 4.25. The predicted octanol–water partition coefficient (Wildman–Crippen LogP) is 3.72. The van der Waals surface area contributed by atoms with Crippen molar-refractivity contribution in [1.82, 2.24) is 25.0 Å². The molecule has 0 bridgehead atoms. The standard InChI is InChI=1S/C19H15N5O2S/c25-19(13-5-1-6-14-16(13)27-11-21-14)24-9-3-7-15(24)18-22-17(23-26-18)12-4-2-8-20-10-12/h1-2,4-6,8,10-11,15H,3,7,9H2/t15-/m0/s1. The number of carbonyl (C=O) groups excluding carboxylic acids is 1. The molecule has 8 heteroatoms. The van der Waals surface area contributed by atoms with E-state index in [-0.39, 0.29) is 11.9 Å². The molecule has 5 rings (SSSR count). The van der Waals surface area contributed by atoms with Gasteiger partial charge in [0.05, 0.1) is 21.3 Å². The topological polar surface area (TPSA) is 85.0 Å². The summed E-state index contributed by atoms with van der Waals surface area (Å²) in [6.07, 6.45) is 5.09. The maximum absolute atomic E-state index is 13.2. The highest BCUT2D eigenvalue weighted by Crippen LogP contribution is 2.34.